The molecule has 462 valence electrons. The van der Waals surface area contributed by atoms with Crippen LogP contribution >= 0.6 is 0 Å². The SMILES string of the molecule is [2H]c1c([2H])c([2H])c(-c2ccc3c(c2)B2c4ccc(-c5cc(C(C)(C)C)cc(C(C)(C)C)c5)cc4N(c4c(-c5ccccc5)cc(C(C)(C)C)cc4-c4ccccc4)c4cc(-n5c6ccc(C#N)cc6c6cc(C(C)(C)C)ccc65)cc(c42)C32c3ccccc3Oc3ccccc32)c([2H])c1[2H]. The molecule has 0 bridgehead atoms. The number of anilines is 3. The second-order valence-corrected chi connectivity index (χ2v) is 30.5. The first-order valence-corrected chi connectivity index (χ1v) is 33.3. The molecule has 12 aromatic carbocycles. The van der Waals surface area contributed by atoms with Gasteiger partial charge in [0.15, 0.2) is 0 Å². The van der Waals surface area contributed by atoms with E-state index in [-0.39, 0.29) is 39.3 Å². The first-order chi connectivity index (χ1) is 47.6. The molecule has 0 radical (unpaired) electrons. The van der Waals surface area contributed by atoms with Crippen molar-refractivity contribution in [1.82, 2.24) is 4.57 Å². The second-order valence-electron chi connectivity index (χ2n) is 30.5. The Morgan fingerprint density at radius 3 is 1.54 bits per heavy atom. The summed E-state index contributed by atoms with van der Waals surface area (Å²) in [6.07, 6.45) is 0. The Labute approximate surface area is 567 Å². The lowest BCUT2D eigenvalue weighted by atomic mass is 9.29. The van der Waals surface area contributed by atoms with Gasteiger partial charge in [0.05, 0.1) is 40.6 Å². The van der Waals surface area contributed by atoms with Gasteiger partial charge in [-0.3, -0.25) is 0 Å². The molecule has 4 nitrogen and oxygen atoms in total. The highest BCUT2D eigenvalue weighted by molar-refractivity contribution is 6.99. The molecule has 5 heteroatoms. The molecule has 1 spiro atoms. The van der Waals surface area contributed by atoms with Crippen molar-refractivity contribution in [3.8, 4) is 67.8 Å². The zero-order chi connectivity index (χ0) is 70.0. The highest BCUT2D eigenvalue weighted by Crippen LogP contribution is 2.59. The van der Waals surface area contributed by atoms with Gasteiger partial charge in [0.25, 0.3) is 0 Å². The van der Waals surface area contributed by atoms with Gasteiger partial charge in [-0.15, -0.1) is 0 Å². The lowest BCUT2D eigenvalue weighted by molar-refractivity contribution is 0.435. The third-order valence-electron chi connectivity index (χ3n) is 20.4. The van der Waals surface area contributed by atoms with E-state index in [0.29, 0.717) is 22.6 Å². The third-order valence-corrected chi connectivity index (χ3v) is 20.4. The van der Waals surface area contributed by atoms with Crippen molar-refractivity contribution < 1.29 is 11.6 Å². The summed E-state index contributed by atoms with van der Waals surface area (Å²) >= 11 is 0. The highest BCUT2D eigenvalue weighted by Gasteiger charge is 2.55. The van der Waals surface area contributed by atoms with E-state index < -0.39 is 30.3 Å². The van der Waals surface area contributed by atoms with Gasteiger partial charge in [0.2, 0.25) is 6.71 Å². The standard InChI is InChI=1S/C90H78BN3O/c1-86(2,3)63-39-43-79-71(50-63)70-44-56(55-92)36-42-78(70)93(79)67-53-75-84-81(54-67)94(85-68(58-28-18-14-19-29-58)51-66(89(10,11)12)52-69(85)59-30-20-15-21-31-59)80-48-61(62-45-64(87(4,5)6)49-65(46-62)88(7,8)9)38-41-76(80)91(84)77-47-60(57-26-16-13-17-27-57)37-40-72(77)90(75)73-32-22-24-34-82(73)95-83-35-25-23-33-74(83)90/h13-54H,1-12H3/i13D,16D,17D,26D,27D. The summed E-state index contributed by atoms with van der Waals surface area (Å²) in [7, 11) is 0. The molecular formula is C90H78BN3O. The smallest absolute Gasteiger partial charge is 0.247 e. The van der Waals surface area contributed by atoms with Crippen LogP contribution in [0.3, 0.4) is 0 Å². The van der Waals surface area contributed by atoms with Gasteiger partial charge in [0, 0.05) is 50.1 Å². The van der Waals surface area contributed by atoms with Crippen molar-refractivity contribution in [2.75, 3.05) is 4.90 Å². The Balaban J connectivity index is 1.16. The van der Waals surface area contributed by atoms with E-state index in [1.54, 1.807) is 0 Å². The molecule has 0 N–H and O–H groups in total. The van der Waals surface area contributed by atoms with Gasteiger partial charge in [-0.05, 0) is 172 Å². The van der Waals surface area contributed by atoms with Gasteiger partial charge in [-0.25, -0.2) is 0 Å². The Bertz CT molecular complexity index is 5490. The van der Waals surface area contributed by atoms with Crippen molar-refractivity contribution in [2.24, 2.45) is 0 Å². The molecule has 13 aromatic rings. The number of fused-ring (bicyclic) bond motifs is 13. The maximum absolute atomic E-state index is 10.7. The van der Waals surface area contributed by atoms with Crippen LogP contribution in [0.4, 0.5) is 17.1 Å². The molecule has 0 aliphatic carbocycles. The number of ether oxygens (including phenoxy) is 1. The second kappa shape index (κ2) is 21.6. The number of nitriles is 1. The number of benzene rings is 12. The molecule has 95 heavy (non-hydrogen) atoms. The molecule has 0 unspecified atom stereocenters. The molecule has 3 aliphatic heterocycles. The van der Waals surface area contributed by atoms with E-state index in [4.69, 9.17) is 8.85 Å². The fourth-order valence-electron chi connectivity index (χ4n) is 15.5. The van der Waals surface area contributed by atoms with Crippen LogP contribution in [0, 0.1) is 11.3 Å². The summed E-state index contributed by atoms with van der Waals surface area (Å²) in [5.74, 6) is 1.41. The minimum atomic E-state index is -1.14. The average Bonchev–Trinajstić information content (AvgIpc) is 0.686. The molecule has 0 amide bonds. The Morgan fingerprint density at radius 1 is 0.411 bits per heavy atom. The topological polar surface area (TPSA) is 41.2 Å². The van der Waals surface area contributed by atoms with Gasteiger partial charge in [-0.2, -0.15) is 5.26 Å². The molecular weight excluding hydrogens is 1150 g/mol. The third kappa shape index (κ3) is 9.54. The monoisotopic (exact) mass is 1230 g/mol. The van der Waals surface area contributed by atoms with Crippen molar-refractivity contribution in [3.63, 3.8) is 0 Å². The van der Waals surface area contributed by atoms with Crippen LogP contribution in [0.2, 0.25) is 0 Å². The minimum Gasteiger partial charge on any atom is -0.457 e. The van der Waals surface area contributed by atoms with Crippen molar-refractivity contribution in [1.29, 1.82) is 5.26 Å². The molecule has 16 rings (SSSR count). The summed E-state index contributed by atoms with van der Waals surface area (Å²) in [5.41, 5.74) is 23.1. The maximum atomic E-state index is 10.7. The summed E-state index contributed by atoms with van der Waals surface area (Å²) in [6.45, 7) is 26.9. The van der Waals surface area contributed by atoms with Crippen LogP contribution in [0.5, 0.6) is 11.5 Å². The predicted molar refractivity (Wildman–Crippen MR) is 400 cm³/mol. The Morgan fingerprint density at radius 2 is 0.947 bits per heavy atom. The number of nitrogens with zero attached hydrogens (tertiary/aromatic N) is 3. The highest BCUT2D eigenvalue weighted by atomic mass is 16.5. The summed E-state index contributed by atoms with van der Waals surface area (Å²) in [6, 6.07) is 82.5. The van der Waals surface area contributed by atoms with E-state index in [0.717, 1.165) is 117 Å². The van der Waals surface area contributed by atoms with Crippen LogP contribution < -0.4 is 26.0 Å². The first kappa shape index (κ1) is 54.0. The predicted octanol–water partition coefficient (Wildman–Crippen LogP) is 21.6. The van der Waals surface area contributed by atoms with Gasteiger partial charge in [0.1, 0.15) is 11.5 Å². The zero-order valence-corrected chi connectivity index (χ0v) is 56.2. The fraction of sp³-hybridized carbons (Fsp3) is 0.189. The summed E-state index contributed by atoms with van der Waals surface area (Å²) in [4.78, 5) is 2.60. The van der Waals surface area contributed by atoms with Gasteiger partial charge in [-0.1, -0.05) is 270 Å². The van der Waals surface area contributed by atoms with E-state index in [1.165, 1.54) is 22.3 Å². The quantitative estimate of drug-likeness (QED) is 0.156. The lowest BCUT2D eigenvalue weighted by Gasteiger charge is -2.50. The molecule has 3 aliphatic rings. The molecule has 0 saturated carbocycles. The normalized spacial score (nSPS) is 14.5. The van der Waals surface area contributed by atoms with E-state index in [9.17, 15) is 8.00 Å². The fourth-order valence-corrected chi connectivity index (χ4v) is 15.5. The number of rotatable bonds is 6. The summed E-state index contributed by atoms with van der Waals surface area (Å²) < 4.78 is 55.7. The number of hydrogen-bond donors (Lipinski definition) is 0. The lowest BCUT2D eigenvalue weighted by Crippen LogP contribution is -2.65. The van der Waals surface area contributed by atoms with Crippen LogP contribution in [0.1, 0.15) is 140 Å². The number of aromatic nitrogens is 1. The Kier molecular flexibility index (Phi) is 12.3. The number of hydrogen-bond acceptors (Lipinski definition) is 3. The van der Waals surface area contributed by atoms with Crippen molar-refractivity contribution in [3.05, 3.63) is 305 Å². The van der Waals surface area contributed by atoms with Crippen molar-refractivity contribution >= 4 is 62.0 Å². The number of para-hydroxylation sites is 2. The molecule has 1 aromatic heterocycles. The summed E-state index contributed by atoms with van der Waals surface area (Å²) in [5, 5.41) is 12.7. The largest absolute Gasteiger partial charge is 0.457 e. The van der Waals surface area contributed by atoms with Gasteiger partial charge < -0.3 is 14.2 Å². The zero-order valence-electron chi connectivity index (χ0n) is 61.2. The van der Waals surface area contributed by atoms with E-state index >= 15 is 0 Å². The first-order valence-electron chi connectivity index (χ1n) is 35.8. The van der Waals surface area contributed by atoms with Gasteiger partial charge >= 0.3 is 0 Å². The average molecular weight is 1230 g/mol. The molecule has 4 heterocycles. The molecule has 0 fully saturated rings. The molecule has 0 atom stereocenters. The maximum Gasteiger partial charge on any atom is 0.247 e. The van der Waals surface area contributed by atoms with Crippen LogP contribution in [-0.4, -0.2) is 11.3 Å². The van der Waals surface area contributed by atoms with Crippen LogP contribution in [0.15, 0.2) is 255 Å². The minimum absolute atomic E-state index is 0.137. The van der Waals surface area contributed by atoms with E-state index in [2.05, 4.69) is 293 Å². The Hall–Kier alpha value is -10.4. The van der Waals surface area contributed by atoms with E-state index in [1.807, 2.05) is 30.3 Å². The van der Waals surface area contributed by atoms with Crippen LogP contribution in [0.25, 0.3) is 72.0 Å². The van der Waals surface area contributed by atoms with Crippen molar-refractivity contribution in [2.45, 2.75) is 110 Å². The molecule has 0 saturated heterocycles. The van der Waals surface area contributed by atoms with Crippen LogP contribution in [-0.2, 0) is 27.1 Å².